The maximum atomic E-state index is 8.69. The van der Waals surface area contributed by atoms with Crippen molar-refractivity contribution in [3.8, 4) is 0 Å². The topological polar surface area (TPSA) is 118 Å². The highest BCUT2D eigenvalue weighted by Gasteiger charge is 1.95. The van der Waals surface area contributed by atoms with Gasteiger partial charge in [0, 0.05) is 0 Å². The van der Waals surface area contributed by atoms with Crippen molar-refractivity contribution in [2.75, 3.05) is 14.1 Å². The summed E-state index contributed by atoms with van der Waals surface area (Å²) in [6.07, 6.45) is 9.00. The highest BCUT2D eigenvalue weighted by atomic mass is 16.7. The van der Waals surface area contributed by atoms with Crippen molar-refractivity contribution in [1.82, 2.24) is 0 Å². The predicted molar refractivity (Wildman–Crippen MR) is 57.5 cm³/mol. The van der Waals surface area contributed by atoms with Crippen LogP contribution in [-0.4, -0.2) is 24.3 Å². The summed E-state index contributed by atoms with van der Waals surface area (Å²) in [5.74, 6) is 3.94. The lowest BCUT2D eigenvalue weighted by Crippen LogP contribution is -2.08. The summed E-state index contributed by atoms with van der Waals surface area (Å²) in [5.41, 5.74) is 9.00. The van der Waals surface area contributed by atoms with E-state index in [0.29, 0.717) is 0 Å². The summed E-state index contributed by atoms with van der Waals surface area (Å²) in [6, 6.07) is 0. The van der Waals surface area contributed by atoms with Gasteiger partial charge in [0.05, 0.1) is 0 Å². The number of hydrogen-bond donors (Lipinski definition) is 4. The third-order valence-corrected chi connectivity index (χ3v) is 1.50. The molecule has 0 saturated heterocycles. The van der Waals surface area contributed by atoms with Gasteiger partial charge in [-0.1, -0.05) is 38.5 Å². The molecular formula is C8H25N4O2+. The molecule has 0 unspecified atom stereocenters. The van der Waals surface area contributed by atoms with Gasteiger partial charge in [0.1, 0.15) is 4.91 Å². The molecule has 6 nitrogen and oxygen atoms in total. The van der Waals surface area contributed by atoms with Gasteiger partial charge in [0.15, 0.2) is 0 Å². The fraction of sp³-hybridized carbons (Fsp3) is 1.00. The SMILES string of the molecule is C1CCCCC1.CN.CN.N[N+](=O)O. The lowest BCUT2D eigenvalue weighted by molar-refractivity contribution is -0.801. The summed E-state index contributed by atoms with van der Waals surface area (Å²) < 4.78 is 0. The van der Waals surface area contributed by atoms with Crippen molar-refractivity contribution < 1.29 is 10.2 Å². The molecule has 0 amide bonds. The molecule has 14 heavy (non-hydrogen) atoms. The number of rotatable bonds is 0. The second-order valence-electron chi connectivity index (χ2n) is 2.42. The Bertz CT molecular complexity index is 81.8. The molecule has 1 aliphatic rings. The van der Waals surface area contributed by atoms with Crippen molar-refractivity contribution in [2.45, 2.75) is 38.5 Å². The maximum Gasteiger partial charge on any atom is 0.352 e. The Morgan fingerprint density at radius 2 is 0.929 bits per heavy atom. The molecule has 0 bridgehead atoms. The van der Waals surface area contributed by atoms with Crippen molar-refractivity contribution >= 4 is 0 Å². The quantitative estimate of drug-likeness (QED) is 0.342. The number of nitrogens with two attached hydrogens (primary N) is 3. The van der Waals surface area contributed by atoms with Gasteiger partial charge in [0.25, 0.3) is 0 Å². The second kappa shape index (κ2) is 22.7. The second-order valence-corrected chi connectivity index (χ2v) is 2.42. The van der Waals surface area contributed by atoms with E-state index in [1.54, 1.807) is 0 Å². The molecule has 1 rings (SSSR count). The van der Waals surface area contributed by atoms with E-state index in [1.165, 1.54) is 52.6 Å². The maximum absolute atomic E-state index is 8.69. The van der Waals surface area contributed by atoms with Gasteiger partial charge in [-0.05, 0) is 14.1 Å². The Balaban J connectivity index is -0.000000134. The fourth-order valence-electron chi connectivity index (χ4n) is 1.06. The minimum Gasteiger partial charge on any atom is -0.333 e. The Kier molecular flexibility index (Phi) is 30.6. The van der Waals surface area contributed by atoms with Crippen LogP contribution in [0.5, 0.6) is 0 Å². The van der Waals surface area contributed by atoms with Crippen LogP contribution in [0.25, 0.3) is 0 Å². The Morgan fingerprint density at radius 1 is 0.857 bits per heavy atom. The summed E-state index contributed by atoms with van der Waals surface area (Å²) >= 11 is 0. The summed E-state index contributed by atoms with van der Waals surface area (Å²) in [6.45, 7) is 0. The van der Waals surface area contributed by atoms with E-state index in [2.05, 4.69) is 17.3 Å². The summed E-state index contributed by atoms with van der Waals surface area (Å²) in [4.78, 5) is 8.69. The van der Waals surface area contributed by atoms with Crippen molar-refractivity contribution in [2.24, 2.45) is 17.3 Å². The van der Waals surface area contributed by atoms with E-state index in [-0.39, 0.29) is 0 Å². The molecule has 88 valence electrons. The van der Waals surface area contributed by atoms with Crippen molar-refractivity contribution in [1.29, 1.82) is 0 Å². The average Bonchev–Trinajstić information content (AvgIpc) is 2.25. The van der Waals surface area contributed by atoms with Gasteiger partial charge in [-0.25, -0.2) is 5.21 Å². The van der Waals surface area contributed by atoms with Crippen LogP contribution in [0.4, 0.5) is 0 Å². The minimum absolute atomic E-state index is 0.750. The molecule has 0 aliphatic heterocycles. The largest absolute Gasteiger partial charge is 0.352 e. The first-order valence-electron chi connectivity index (χ1n) is 4.80. The Morgan fingerprint density at radius 3 is 1.00 bits per heavy atom. The van der Waals surface area contributed by atoms with Gasteiger partial charge in [0.2, 0.25) is 0 Å². The molecule has 0 heterocycles. The lowest BCUT2D eigenvalue weighted by atomic mass is 10.0. The Labute approximate surface area is 85.9 Å². The van der Waals surface area contributed by atoms with Crippen LogP contribution in [0.3, 0.4) is 0 Å². The fourth-order valence-corrected chi connectivity index (χ4v) is 1.06. The zero-order chi connectivity index (χ0) is 11.8. The van der Waals surface area contributed by atoms with E-state index in [0.717, 1.165) is 0 Å². The smallest absolute Gasteiger partial charge is 0.333 e. The van der Waals surface area contributed by atoms with E-state index >= 15 is 0 Å². The standard InChI is InChI=1S/C6H12.2CH5N.H3N2O2/c1-2-4-6-5-3-1;2*1-2;1-2(3)4/h1-6H2;2*2H2,1H3;1H2,(H,3,4)/q;;;+1. The van der Waals surface area contributed by atoms with E-state index in [4.69, 9.17) is 10.1 Å². The van der Waals surface area contributed by atoms with Gasteiger partial charge in [-0.2, -0.15) is 0 Å². The third-order valence-electron chi connectivity index (χ3n) is 1.50. The first-order valence-corrected chi connectivity index (χ1v) is 4.80. The highest BCUT2D eigenvalue weighted by Crippen LogP contribution is 2.15. The summed E-state index contributed by atoms with van der Waals surface area (Å²) in [5, 5.41) is 6.36. The van der Waals surface area contributed by atoms with Crippen LogP contribution in [0, 0.1) is 4.91 Å². The molecule has 0 aromatic rings. The first-order chi connectivity index (χ1) is 6.73. The van der Waals surface area contributed by atoms with Gasteiger partial charge in [-0.15, -0.1) is 5.84 Å². The van der Waals surface area contributed by atoms with Crippen LogP contribution in [0.15, 0.2) is 0 Å². The third kappa shape index (κ3) is 43.4. The van der Waals surface area contributed by atoms with Crippen LogP contribution in [0.1, 0.15) is 38.5 Å². The molecule has 0 radical (unpaired) electrons. The molecular weight excluding hydrogens is 184 g/mol. The molecule has 1 fully saturated rings. The number of nitrogens with zero attached hydrogens (tertiary/aromatic N) is 1. The van der Waals surface area contributed by atoms with E-state index < -0.39 is 5.03 Å². The molecule has 1 aliphatic carbocycles. The molecule has 0 atom stereocenters. The van der Waals surface area contributed by atoms with Crippen LogP contribution >= 0.6 is 0 Å². The molecule has 6 heteroatoms. The van der Waals surface area contributed by atoms with Gasteiger partial charge >= 0.3 is 5.03 Å². The molecule has 0 spiro atoms. The van der Waals surface area contributed by atoms with Gasteiger partial charge < -0.3 is 11.5 Å². The molecule has 7 N–H and O–H groups in total. The minimum atomic E-state index is -0.750. The summed E-state index contributed by atoms with van der Waals surface area (Å²) in [7, 11) is 3.00. The van der Waals surface area contributed by atoms with E-state index in [1.807, 2.05) is 0 Å². The highest BCUT2D eigenvalue weighted by molar-refractivity contribution is 4.51. The molecule has 0 aromatic carbocycles. The predicted octanol–water partition coefficient (Wildman–Crippen LogP) is 0.519. The van der Waals surface area contributed by atoms with Gasteiger partial charge in [-0.3, -0.25) is 0 Å². The average molecular weight is 209 g/mol. The van der Waals surface area contributed by atoms with Crippen molar-refractivity contribution in [3.05, 3.63) is 4.91 Å². The number of hydrogen-bond acceptors (Lipinski definition) is 3. The van der Waals surface area contributed by atoms with Crippen LogP contribution < -0.4 is 17.3 Å². The normalized spacial score (nSPS) is 12.9. The van der Waals surface area contributed by atoms with Crippen LogP contribution in [-0.2, 0) is 0 Å². The van der Waals surface area contributed by atoms with Crippen LogP contribution in [0.2, 0.25) is 0 Å². The first kappa shape index (κ1) is 18.8. The number of hydrazine groups is 1. The zero-order valence-corrected chi connectivity index (χ0v) is 9.28. The zero-order valence-electron chi connectivity index (χ0n) is 9.28. The molecule has 1 saturated carbocycles. The monoisotopic (exact) mass is 209 g/mol. The molecule has 0 aromatic heterocycles. The van der Waals surface area contributed by atoms with Crippen molar-refractivity contribution in [3.63, 3.8) is 0 Å². The Hall–Kier alpha value is -0.880. The van der Waals surface area contributed by atoms with E-state index in [9.17, 15) is 0 Å². The lowest BCUT2D eigenvalue weighted by Gasteiger charge is -2.05.